The van der Waals surface area contributed by atoms with Gasteiger partial charge >= 0.3 is 0 Å². The molecule has 0 saturated carbocycles. The van der Waals surface area contributed by atoms with Gasteiger partial charge in [0.2, 0.25) is 5.78 Å². The summed E-state index contributed by atoms with van der Waals surface area (Å²) in [5.74, 6) is 0.857. The van der Waals surface area contributed by atoms with E-state index in [-0.39, 0.29) is 28.6 Å². The summed E-state index contributed by atoms with van der Waals surface area (Å²) in [6.07, 6.45) is 3.19. The van der Waals surface area contributed by atoms with Crippen molar-refractivity contribution in [2.75, 3.05) is 0 Å². The average molecular weight is 338 g/mol. The van der Waals surface area contributed by atoms with Gasteiger partial charge in [-0.1, -0.05) is 6.07 Å². The maximum Gasteiger partial charge on any atom is 0.231 e. The number of Topliss-reactive ketones (excluding diaryl/α,β-unsaturated/α-hetero) is 1. The molecule has 2 aliphatic rings. The van der Waals surface area contributed by atoms with Crippen molar-refractivity contribution in [3.05, 3.63) is 52.8 Å². The largest absolute Gasteiger partial charge is 0.504 e. The number of fused-ring (bicyclic) bond motifs is 3. The summed E-state index contributed by atoms with van der Waals surface area (Å²) in [6, 6.07) is 7.90. The van der Waals surface area contributed by atoms with Gasteiger partial charge < -0.3 is 19.7 Å². The molecule has 4 rings (SSSR count). The van der Waals surface area contributed by atoms with Gasteiger partial charge in [-0.3, -0.25) is 4.79 Å². The number of carbonyl (C=O) groups excluding carboxylic acids is 1. The number of phenolic OH excluding ortho intramolecular Hbond substituents is 2. The van der Waals surface area contributed by atoms with Crippen molar-refractivity contribution in [3.63, 3.8) is 0 Å². The lowest BCUT2D eigenvalue weighted by Crippen LogP contribution is -2.32. The molecule has 0 fully saturated rings. The Hall–Kier alpha value is -2.95. The molecule has 5 nitrogen and oxygen atoms in total. The van der Waals surface area contributed by atoms with Crippen LogP contribution in [0.15, 0.2) is 36.1 Å². The molecule has 0 amide bonds. The minimum atomic E-state index is -0.245. The summed E-state index contributed by atoms with van der Waals surface area (Å²) in [4.78, 5) is 12.6. The summed E-state index contributed by atoms with van der Waals surface area (Å²) in [5.41, 5.74) is 1.78. The number of aromatic hydroxyl groups is 2. The molecule has 0 aromatic heterocycles. The summed E-state index contributed by atoms with van der Waals surface area (Å²) < 4.78 is 11.8. The van der Waals surface area contributed by atoms with E-state index in [0.29, 0.717) is 16.9 Å². The number of hydrogen-bond donors (Lipinski definition) is 2. The van der Waals surface area contributed by atoms with Crippen molar-refractivity contribution in [2.45, 2.75) is 32.3 Å². The van der Waals surface area contributed by atoms with E-state index in [1.165, 1.54) is 12.1 Å². The minimum absolute atomic E-state index is 0.193. The van der Waals surface area contributed by atoms with Gasteiger partial charge in [0.1, 0.15) is 17.1 Å². The highest BCUT2D eigenvalue weighted by atomic mass is 16.5. The van der Waals surface area contributed by atoms with Crippen LogP contribution in [0.5, 0.6) is 23.0 Å². The molecule has 25 heavy (non-hydrogen) atoms. The van der Waals surface area contributed by atoms with Crippen LogP contribution in [-0.4, -0.2) is 21.6 Å². The average Bonchev–Trinajstić information content (AvgIpc) is 2.86. The van der Waals surface area contributed by atoms with Gasteiger partial charge in [0.15, 0.2) is 17.3 Å². The molecule has 2 aromatic rings. The molecule has 128 valence electrons. The van der Waals surface area contributed by atoms with Gasteiger partial charge in [-0.2, -0.15) is 0 Å². The molecule has 0 spiro atoms. The lowest BCUT2D eigenvalue weighted by atomic mass is 9.92. The van der Waals surface area contributed by atoms with Crippen molar-refractivity contribution in [2.24, 2.45) is 0 Å². The lowest BCUT2D eigenvalue weighted by molar-refractivity contribution is 0.0838. The molecule has 0 bridgehead atoms. The molecule has 0 aliphatic carbocycles. The number of benzene rings is 2. The predicted octanol–water partition coefficient (Wildman–Crippen LogP) is 3.82. The van der Waals surface area contributed by atoms with Crippen LogP contribution in [-0.2, 0) is 6.42 Å². The van der Waals surface area contributed by atoms with Crippen molar-refractivity contribution in [1.82, 2.24) is 0 Å². The number of carbonyl (C=O) groups is 1. The molecular formula is C20H18O5. The predicted molar refractivity (Wildman–Crippen MR) is 92.2 cm³/mol. The number of ketones is 1. The maximum atomic E-state index is 12.6. The lowest BCUT2D eigenvalue weighted by Gasteiger charge is -2.33. The molecule has 2 aromatic carbocycles. The van der Waals surface area contributed by atoms with Gasteiger partial charge in [-0.15, -0.1) is 0 Å². The normalized spacial score (nSPS) is 19.1. The van der Waals surface area contributed by atoms with Crippen LogP contribution in [0, 0.1) is 0 Å². The molecule has 0 radical (unpaired) electrons. The topological polar surface area (TPSA) is 76.0 Å². The monoisotopic (exact) mass is 338 g/mol. The third kappa shape index (κ3) is 2.61. The van der Waals surface area contributed by atoms with Crippen molar-refractivity contribution in [3.8, 4) is 23.0 Å². The highest BCUT2D eigenvalue weighted by molar-refractivity contribution is 6.15. The molecule has 5 heteroatoms. The fourth-order valence-electron chi connectivity index (χ4n) is 3.18. The Morgan fingerprint density at radius 3 is 2.68 bits per heavy atom. The van der Waals surface area contributed by atoms with Crippen LogP contribution in [0.3, 0.4) is 0 Å². The Morgan fingerprint density at radius 2 is 1.92 bits per heavy atom. The van der Waals surface area contributed by atoms with Crippen molar-refractivity contribution < 1.29 is 24.5 Å². The Morgan fingerprint density at radius 1 is 1.12 bits per heavy atom. The Labute approximate surface area is 145 Å². The zero-order chi connectivity index (χ0) is 17.8. The van der Waals surface area contributed by atoms with Crippen molar-refractivity contribution in [1.29, 1.82) is 0 Å². The first kappa shape index (κ1) is 15.6. The van der Waals surface area contributed by atoms with Crippen LogP contribution in [0.1, 0.15) is 41.8 Å². The smallest absolute Gasteiger partial charge is 0.231 e. The number of ether oxygens (including phenoxy) is 2. The third-order valence-corrected chi connectivity index (χ3v) is 4.56. The summed E-state index contributed by atoms with van der Waals surface area (Å²) in [5, 5.41) is 19.0. The van der Waals surface area contributed by atoms with E-state index in [2.05, 4.69) is 0 Å². The molecule has 2 heterocycles. The Balaban J connectivity index is 1.72. The maximum absolute atomic E-state index is 12.6. The van der Waals surface area contributed by atoms with E-state index in [1.54, 1.807) is 18.2 Å². The third-order valence-electron chi connectivity index (χ3n) is 4.56. The minimum Gasteiger partial charge on any atom is -0.504 e. The van der Waals surface area contributed by atoms with Crippen LogP contribution >= 0.6 is 0 Å². The zero-order valence-corrected chi connectivity index (χ0v) is 14.0. The zero-order valence-electron chi connectivity index (χ0n) is 14.0. The van der Waals surface area contributed by atoms with Gasteiger partial charge in [0.25, 0.3) is 0 Å². The van der Waals surface area contributed by atoms with E-state index >= 15 is 0 Å². The van der Waals surface area contributed by atoms with Crippen molar-refractivity contribution >= 4 is 11.9 Å². The fourth-order valence-corrected chi connectivity index (χ4v) is 3.18. The Bertz CT molecular complexity index is 924. The molecule has 2 N–H and O–H groups in total. The number of phenols is 2. The van der Waals surface area contributed by atoms with Crippen LogP contribution in [0.4, 0.5) is 0 Å². The standard InChI is InChI=1S/C20H18O5/c1-20(2)8-7-12-16(25-20)6-4-13-18(23)17(24-19(12)13)10-11-3-5-14(21)15(22)9-11/h3-6,9-10,21-22H,7-8H2,1-2H3/b17-10-. The summed E-state index contributed by atoms with van der Waals surface area (Å²) in [7, 11) is 0. The molecular weight excluding hydrogens is 320 g/mol. The number of rotatable bonds is 1. The van der Waals surface area contributed by atoms with E-state index in [1.807, 2.05) is 19.9 Å². The fraction of sp³-hybridized carbons (Fsp3) is 0.250. The second-order valence-corrected chi connectivity index (χ2v) is 6.97. The summed E-state index contributed by atoms with van der Waals surface area (Å²) in [6.45, 7) is 4.08. The molecule has 2 aliphatic heterocycles. The molecule has 0 atom stereocenters. The summed E-state index contributed by atoms with van der Waals surface area (Å²) >= 11 is 0. The molecule has 0 unspecified atom stereocenters. The highest BCUT2D eigenvalue weighted by Gasteiger charge is 2.35. The second kappa shape index (κ2) is 5.28. The van der Waals surface area contributed by atoms with Gasteiger partial charge in [-0.05, 0) is 62.6 Å². The van der Waals surface area contributed by atoms with Gasteiger partial charge in [0, 0.05) is 5.56 Å². The first-order valence-corrected chi connectivity index (χ1v) is 8.15. The Kier molecular flexibility index (Phi) is 3.29. The first-order chi connectivity index (χ1) is 11.8. The van der Waals surface area contributed by atoms with E-state index < -0.39 is 0 Å². The van der Waals surface area contributed by atoms with E-state index in [4.69, 9.17) is 9.47 Å². The van der Waals surface area contributed by atoms with Gasteiger partial charge in [-0.25, -0.2) is 0 Å². The van der Waals surface area contributed by atoms with Crippen LogP contribution in [0.25, 0.3) is 6.08 Å². The van der Waals surface area contributed by atoms with Crippen LogP contribution in [0.2, 0.25) is 0 Å². The number of allylic oxidation sites excluding steroid dienone is 1. The second-order valence-electron chi connectivity index (χ2n) is 6.97. The SMILES string of the molecule is CC1(C)CCc2c(ccc3c2O/C(=C\c2ccc(O)c(O)c2)C3=O)O1. The molecule has 0 saturated heterocycles. The van der Waals surface area contributed by atoms with E-state index in [0.717, 1.165) is 24.2 Å². The highest BCUT2D eigenvalue weighted by Crippen LogP contribution is 2.44. The van der Waals surface area contributed by atoms with Crippen LogP contribution < -0.4 is 9.47 Å². The number of hydrogen-bond acceptors (Lipinski definition) is 5. The van der Waals surface area contributed by atoms with Gasteiger partial charge in [0.05, 0.1) is 5.56 Å². The quantitative estimate of drug-likeness (QED) is 0.611. The van der Waals surface area contributed by atoms with E-state index in [9.17, 15) is 15.0 Å². The first-order valence-electron chi connectivity index (χ1n) is 8.15.